The molecule has 0 radical (unpaired) electrons. The Morgan fingerprint density at radius 3 is 2.60 bits per heavy atom. The number of rotatable bonds is 2. The molecule has 0 fully saturated rings. The maximum atomic E-state index is 7.97. The zero-order chi connectivity index (χ0) is 10.8. The van der Waals surface area contributed by atoms with Gasteiger partial charge in [-0.3, -0.25) is 4.98 Å². The lowest BCUT2D eigenvalue weighted by molar-refractivity contribution is 0.940. The Bertz CT molecular complexity index is 373. The van der Waals surface area contributed by atoms with Crippen LogP contribution in [0.25, 0.3) is 10.4 Å². The Kier molecular flexibility index (Phi) is 5.02. The van der Waals surface area contributed by atoms with Crippen molar-refractivity contribution in [3.63, 3.8) is 0 Å². The number of hydrogen-bond donors (Lipinski definition) is 1. The number of hydrogen-bond acceptors (Lipinski definition) is 4. The normalized spacial score (nSPS) is 8.27. The molecule has 0 saturated heterocycles. The lowest BCUT2D eigenvalue weighted by Gasteiger charge is -1.89. The molecule has 2 rings (SSSR count). The number of H-pyrrole nitrogens is 1. The van der Waals surface area contributed by atoms with E-state index in [-0.39, 0.29) is 0 Å². The number of aromatic amines is 1. The first-order valence-corrected chi connectivity index (χ1v) is 4.13. The third kappa shape index (κ3) is 5.02. The first kappa shape index (κ1) is 10.7. The Morgan fingerprint density at radius 2 is 2.13 bits per heavy atom. The van der Waals surface area contributed by atoms with Crippen molar-refractivity contribution in [1.29, 1.82) is 0 Å². The molecule has 0 aromatic carbocycles. The van der Waals surface area contributed by atoms with Gasteiger partial charge in [0.15, 0.2) is 0 Å². The number of nitrogens with one attached hydrogen (secondary N) is 1. The molecule has 0 aliphatic carbocycles. The highest BCUT2D eigenvalue weighted by Crippen LogP contribution is 1.96. The highest BCUT2D eigenvalue weighted by Gasteiger charge is 1.85. The Labute approximate surface area is 85.8 Å². The molecule has 2 aromatic rings. The molecule has 0 spiro atoms. The third-order valence-electron chi connectivity index (χ3n) is 1.37. The summed E-state index contributed by atoms with van der Waals surface area (Å²) >= 11 is 0. The molecule has 7 nitrogen and oxygen atoms in total. The number of azide groups is 1. The van der Waals surface area contributed by atoms with Crippen LogP contribution in [0.15, 0.2) is 42.0 Å². The highest BCUT2D eigenvalue weighted by molar-refractivity contribution is 5.07. The molecule has 15 heavy (non-hydrogen) atoms. The Morgan fingerprint density at radius 1 is 1.33 bits per heavy atom. The molecule has 2 heterocycles. The van der Waals surface area contributed by atoms with Gasteiger partial charge in [0.25, 0.3) is 0 Å². The van der Waals surface area contributed by atoms with E-state index in [1.54, 1.807) is 24.8 Å². The van der Waals surface area contributed by atoms with Crippen LogP contribution in [-0.4, -0.2) is 20.4 Å². The molecule has 0 aliphatic rings. The number of aromatic nitrogens is 4. The van der Waals surface area contributed by atoms with Crippen LogP contribution in [0, 0.1) is 0 Å². The average molecular weight is 203 g/mol. The quantitative estimate of drug-likeness (QED) is 0.456. The van der Waals surface area contributed by atoms with Crippen LogP contribution in [0.1, 0.15) is 5.56 Å². The van der Waals surface area contributed by atoms with Crippen molar-refractivity contribution in [3.05, 3.63) is 52.9 Å². The van der Waals surface area contributed by atoms with E-state index in [9.17, 15) is 0 Å². The fourth-order valence-corrected chi connectivity index (χ4v) is 0.772. The number of nitrogens with zero attached hydrogens (tertiary/aromatic N) is 6. The summed E-state index contributed by atoms with van der Waals surface area (Å²) in [4.78, 5) is 6.48. The van der Waals surface area contributed by atoms with E-state index >= 15 is 0 Å². The predicted octanol–water partition coefficient (Wildman–Crippen LogP) is 1.70. The summed E-state index contributed by atoms with van der Waals surface area (Å²) in [7, 11) is 0. The molecule has 0 atom stereocenters. The van der Waals surface area contributed by atoms with Gasteiger partial charge in [-0.25, -0.2) is 0 Å². The second kappa shape index (κ2) is 7.05. The second-order valence-electron chi connectivity index (χ2n) is 2.41. The summed E-state index contributed by atoms with van der Waals surface area (Å²) in [5.74, 6) is 0. The van der Waals surface area contributed by atoms with Crippen LogP contribution in [-0.2, 0) is 6.54 Å². The van der Waals surface area contributed by atoms with Gasteiger partial charge >= 0.3 is 0 Å². The molecule has 0 aliphatic heterocycles. The maximum Gasteiger partial charge on any atom is 0.0690 e. The van der Waals surface area contributed by atoms with E-state index < -0.39 is 0 Å². The summed E-state index contributed by atoms with van der Waals surface area (Å²) < 4.78 is 0. The van der Waals surface area contributed by atoms with Gasteiger partial charge in [0.2, 0.25) is 0 Å². The van der Waals surface area contributed by atoms with Gasteiger partial charge in [-0.15, -0.1) is 0 Å². The SMILES string of the molecule is [N-]=[N+]=NCc1cccnc1.c1cn[nH]n1. The average Bonchev–Trinajstić information content (AvgIpc) is 2.86. The fourth-order valence-electron chi connectivity index (χ4n) is 0.772. The summed E-state index contributed by atoms with van der Waals surface area (Å²) in [6.07, 6.45) is 6.52. The lowest BCUT2D eigenvalue weighted by Crippen LogP contribution is -1.79. The van der Waals surface area contributed by atoms with Crippen LogP contribution < -0.4 is 0 Å². The maximum absolute atomic E-state index is 7.97. The predicted molar refractivity (Wildman–Crippen MR) is 53.5 cm³/mol. The van der Waals surface area contributed by atoms with E-state index in [1.807, 2.05) is 12.1 Å². The van der Waals surface area contributed by atoms with E-state index in [1.165, 1.54) is 0 Å². The molecule has 7 heteroatoms. The van der Waals surface area contributed by atoms with Crippen LogP contribution in [0.2, 0.25) is 0 Å². The largest absolute Gasteiger partial charge is 0.264 e. The summed E-state index contributed by atoms with van der Waals surface area (Å²) in [6.45, 7) is 0.379. The molecule has 0 saturated carbocycles. The van der Waals surface area contributed by atoms with Crippen molar-refractivity contribution >= 4 is 0 Å². The van der Waals surface area contributed by atoms with Crippen molar-refractivity contribution in [1.82, 2.24) is 20.4 Å². The minimum Gasteiger partial charge on any atom is -0.264 e. The van der Waals surface area contributed by atoms with Crippen LogP contribution in [0.4, 0.5) is 0 Å². The molecule has 76 valence electrons. The molecule has 0 amide bonds. The van der Waals surface area contributed by atoms with Gasteiger partial charge in [0.1, 0.15) is 0 Å². The van der Waals surface area contributed by atoms with Gasteiger partial charge in [0, 0.05) is 17.3 Å². The van der Waals surface area contributed by atoms with E-state index in [0.29, 0.717) is 6.54 Å². The monoisotopic (exact) mass is 203 g/mol. The van der Waals surface area contributed by atoms with Crippen LogP contribution in [0.5, 0.6) is 0 Å². The van der Waals surface area contributed by atoms with Crippen molar-refractivity contribution in [2.75, 3.05) is 0 Å². The summed E-state index contributed by atoms with van der Waals surface area (Å²) in [6, 6.07) is 3.67. The summed E-state index contributed by atoms with van der Waals surface area (Å²) in [5, 5.41) is 12.7. The van der Waals surface area contributed by atoms with Crippen LogP contribution >= 0.6 is 0 Å². The molecule has 0 bridgehead atoms. The molecule has 1 N–H and O–H groups in total. The van der Waals surface area contributed by atoms with E-state index in [4.69, 9.17) is 5.53 Å². The van der Waals surface area contributed by atoms with Gasteiger partial charge in [-0.05, 0) is 17.2 Å². The fraction of sp³-hybridized carbons (Fsp3) is 0.125. The molecule has 0 unspecified atom stereocenters. The standard InChI is InChI=1S/C6H6N4.C2H3N3/c7-10-9-5-6-2-1-3-8-4-6;1-2-4-5-3-1/h1-4H,5H2;1-2H,(H,3,4,5). The third-order valence-corrected chi connectivity index (χ3v) is 1.37. The van der Waals surface area contributed by atoms with E-state index in [0.717, 1.165) is 5.56 Å². The smallest absolute Gasteiger partial charge is 0.0690 e. The molecular formula is C8H9N7. The Balaban J connectivity index is 0.000000187. The first-order chi connectivity index (χ1) is 7.43. The second-order valence-corrected chi connectivity index (χ2v) is 2.41. The molecule has 2 aromatic heterocycles. The zero-order valence-electron chi connectivity index (χ0n) is 7.85. The van der Waals surface area contributed by atoms with E-state index in [2.05, 4.69) is 30.4 Å². The van der Waals surface area contributed by atoms with Crippen molar-refractivity contribution < 1.29 is 0 Å². The van der Waals surface area contributed by atoms with Gasteiger partial charge in [-0.2, -0.15) is 15.4 Å². The minimum atomic E-state index is 0.379. The van der Waals surface area contributed by atoms with Crippen molar-refractivity contribution in [2.24, 2.45) is 5.11 Å². The topological polar surface area (TPSA) is 103 Å². The zero-order valence-corrected chi connectivity index (χ0v) is 7.85. The minimum absolute atomic E-state index is 0.379. The van der Waals surface area contributed by atoms with Crippen LogP contribution in [0.3, 0.4) is 0 Å². The van der Waals surface area contributed by atoms with Crippen molar-refractivity contribution in [3.8, 4) is 0 Å². The highest BCUT2D eigenvalue weighted by atomic mass is 15.3. The summed E-state index contributed by atoms with van der Waals surface area (Å²) in [5.41, 5.74) is 8.90. The lowest BCUT2D eigenvalue weighted by atomic mass is 10.3. The van der Waals surface area contributed by atoms with Gasteiger partial charge in [-0.1, -0.05) is 11.2 Å². The van der Waals surface area contributed by atoms with Gasteiger partial charge in [0.05, 0.1) is 18.9 Å². The molecular weight excluding hydrogens is 194 g/mol. The van der Waals surface area contributed by atoms with Gasteiger partial charge < -0.3 is 0 Å². The number of pyridine rings is 1. The Hall–Kier alpha value is -2.40. The first-order valence-electron chi connectivity index (χ1n) is 4.13. The van der Waals surface area contributed by atoms with Crippen molar-refractivity contribution in [2.45, 2.75) is 6.54 Å².